The molecule has 0 unspecified atom stereocenters. The van der Waals surface area contributed by atoms with Gasteiger partial charge >= 0.3 is 0 Å². The second-order valence-corrected chi connectivity index (χ2v) is 6.84. The summed E-state index contributed by atoms with van der Waals surface area (Å²) in [6.07, 6.45) is 3.08. The average molecular weight is 344 g/mol. The van der Waals surface area contributed by atoms with Gasteiger partial charge in [-0.3, -0.25) is 9.48 Å². The third kappa shape index (κ3) is 3.68. The normalized spacial score (nSPS) is 12.1. The Labute approximate surface area is 143 Å². The van der Waals surface area contributed by atoms with Gasteiger partial charge in [0.05, 0.1) is 11.4 Å². The molecule has 0 aliphatic heterocycles. The van der Waals surface area contributed by atoms with Crippen LogP contribution in [0.4, 0.5) is 4.39 Å². The largest absolute Gasteiger partial charge is 0.347 e. The van der Waals surface area contributed by atoms with Crippen molar-refractivity contribution in [3.8, 4) is 11.1 Å². The first-order valence-electron chi connectivity index (χ1n) is 7.52. The molecule has 124 valence electrons. The fourth-order valence-electron chi connectivity index (χ4n) is 2.46. The van der Waals surface area contributed by atoms with E-state index in [1.54, 1.807) is 23.1 Å². The van der Waals surface area contributed by atoms with Gasteiger partial charge in [-0.25, -0.2) is 9.37 Å². The van der Waals surface area contributed by atoms with E-state index < -0.39 is 0 Å². The van der Waals surface area contributed by atoms with E-state index in [4.69, 9.17) is 0 Å². The van der Waals surface area contributed by atoms with E-state index in [-0.39, 0.29) is 17.8 Å². The molecule has 0 fully saturated rings. The smallest absolute Gasteiger partial charge is 0.261 e. The number of amides is 1. The van der Waals surface area contributed by atoms with E-state index >= 15 is 0 Å². The van der Waals surface area contributed by atoms with Gasteiger partial charge in [0.1, 0.15) is 18.5 Å². The summed E-state index contributed by atoms with van der Waals surface area (Å²) in [6, 6.07) is 8.07. The molecule has 1 amide bonds. The van der Waals surface area contributed by atoms with Crippen molar-refractivity contribution in [3.63, 3.8) is 0 Å². The van der Waals surface area contributed by atoms with Gasteiger partial charge in [-0.1, -0.05) is 12.1 Å². The van der Waals surface area contributed by atoms with Gasteiger partial charge in [0.15, 0.2) is 0 Å². The zero-order valence-electron chi connectivity index (χ0n) is 13.4. The third-order valence-corrected chi connectivity index (χ3v) is 4.65. The Morgan fingerprint density at radius 2 is 2.12 bits per heavy atom. The van der Waals surface area contributed by atoms with Crippen molar-refractivity contribution in [1.82, 2.24) is 20.1 Å². The van der Waals surface area contributed by atoms with Crippen LogP contribution in [-0.4, -0.2) is 26.7 Å². The lowest BCUT2D eigenvalue weighted by atomic mass is 10.1. The Bertz CT molecular complexity index is 827. The lowest BCUT2D eigenvalue weighted by molar-refractivity contribution is 0.0940. The SMILES string of the molecule is Cc1sc(C(=O)N[C@@H](C)Cn2cncn2)cc1-c1ccc(F)cc1. The highest BCUT2D eigenvalue weighted by molar-refractivity contribution is 7.14. The Hall–Kier alpha value is -2.54. The minimum Gasteiger partial charge on any atom is -0.347 e. The summed E-state index contributed by atoms with van der Waals surface area (Å²) >= 11 is 1.43. The maximum absolute atomic E-state index is 13.1. The molecular weight excluding hydrogens is 327 g/mol. The lowest BCUT2D eigenvalue weighted by Gasteiger charge is -2.12. The van der Waals surface area contributed by atoms with Crippen LogP contribution in [0.25, 0.3) is 11.1 Å². The molecule has 2 heterocycles. The number of aromatic nitrogens is 3. The molecule has 24 heavy (non-hydrogen) atoms. The second-order valence-electron chi connectivity index (χ2n) is 5.58. The maximum atomic E-state index is 13.1. The lowest BCUT2D eigenvalue weighted by Crippen LogP contribution is -2.35. The molecule has 0 aliphatic carbocycles. The number of benzene rings is 1. The summed E-state index contributed by atoms with van der Waals surface area (Å²) in [7, 11) is 0. The highest BCUT2D eigenvalue weighted by atomic mass is 32.1. The predicted octanol–water partition coefficient (Wildman–Crippen LogP) is 3.27. The molecule has 7 heteroatoms. The minimum atomic E-state index is -0.272. The number of nitrogens with one attached hydrogen (secondary N) is 1. The Morgan fingerprint density at radius 3 is 2.79 bits per heavy atom. The Balaban J connectivity index is 1.71. The van der Waals surface area contributed by atoms with Crippen molar-refractivity contribution in [2.24, 2.45) is 0 Å². The van der Waals surface area contributed by atoms with Gasteiger partial charge < -0.3 is 5.32 Å². The number of nitrogens with zero attached hydrogens (tertiary/aromatic N) is 3. The van der Waals surface area contributed by atoms with Gasteiger partial charge in [-0.15, -0.1) is 11.3 Å². The van der Waals surface area contributed by atoms with Crippen LogP contribution in [0, 0.1) is 12.7 Å². The van der Waals surface area contributed by atoms with Crippen molar-refractivity contribution >= 4 is 17.2 Å². The molecule has 5 nitrogen and oxygen atoms in total. The molecule has 1 atom stereocenters. The molecule has 1 aromatic carbocycles. The topological polar surface area (TPSA) is 59.8 Å². The van der Waals surface area contributed by atoms with Gasteiger partial charge in [0.25, 0.3) is 5.91 Å². The summed E-state index contributed by atoms with van der Waals surface area (Å²) in [5.41, 5.74) is 1.86. The predicted molar refractivity (Wildman–Crippen MR) is 91.4 cm³/mol. The standard InChI is InChI=1S/C17H17FN4OS/c1-11(8-22-10-19-9-20-22)21-17(23)16-7-15(12(2)24-16)13-3-5-14(18)6-4-13/h3-7,9-11H,8H2,1-2H3,(H,21,23)/t11-/m0/s1. The molecule has 3 aromatic rings. The molecule has 0 bridgehead atoms. The first-order chi connectivity index (χ1) is 11.5. The summed E-state index contributed by atoms with van der Waals surface area (Å²) in [5, 5.41) is 6.99. The van der Waals surface area contributed by atoms with Gasteiger partial charge in [0, 0.05) is 10.9 Å². The summed E-state index contributed by atoms with van der Waals surface area (Å²) in [4.78, 5) is 18.0. The van der Waals surface area contributed by atoms with E-state index in [1.165, 1.54) is 29.8 Å². The van der Waals surface area contributed by atoms with Crippen LogP contribution in [0.5, 0.6) is 0 Å². The number of aryl methyl sites for hydroxylation is 1. The number of carbonyl (C=O) groups is 1. The van der Waals surface area contributed by atoms with Gasteiger partial charge in [0.2, 0.25) is 0 Å². The quantitative estimate of drug-likeness (QED) is 0.773. The molecule has 0 saturated heterocycles. The van der Waals surface area contributed by atoms with Crippen LogP contribution >= 0.6 is 11.3 Å². The van der Waals surface area contributed by atoms with Crippen LogP contribution in [0.3, 0.4) is 0 Å². The summed E-state index contributed by atoms with van der Waals surface area (Å²) in [5.74, 6) is -0.393. The summed E-state index contributed by atoms with van der Waals surface area (Å²) in [6.45, 7) is 4.43. The molecule has 0 radical (unpaired) electrons. The average Bonchev–Trinajstić information content (AvgIpc) is 3.17. The molecule has 0 spiro atoms. The molecular formula is C17H17FN4OS. The number of hydrogen-bond acceptors (Lipinski definition) is 4. The molecule has 1 N–H and O–H groups in total. The van der Waals surface area contributed by atoms with Crippen molar-refractivity contribution in [2.75, 3.05) is 0 Å². The van der Waals surface area contributed by atoms with Crippen LogP contribution in [0.15, 0.2) is 43.0 Å². The molecule has 3 rings (SSSR count). The van der Waals surface area contributed by atoms with Crippen LogP contribution < -0.4 is 5.32 Å². The monoisotopic (exact) mass is 344 g/mol. The van der Waals surface area contributed by atoms with Gasteiger partial charge in [-0.05, 0) is 43.2 Å². The van der Waals surface area contributed by atoms with Gasteiger partial charge in [-0.2, -0.15) is 5.10 Å². The van der Waals surface area contributed by atoms with Crippen molar-refractivity contribution in [1.29, 1.82) is 0 Å². The van der Waals surface area contributed by atoms with E-state index in [0.29, 0.717) is 11.4 Å². The Kier molecular flexibility index (Phi) is 4.71. The number of hydrogen-bond donors (Lipinski definition) is 1. The highest BCUT2D eigenvalue weighted by Gasteiger charge is 2.16. The number of rotatable bonds is 5. The fraction of sp³-hybridized carbons (Fsp3) is 0.235. The van der Waals surface area contributed by atoms with Crippen LogP contribution in [0.2, 0.25) is 0 Å². The minimum absolute atomic E-state index is 0.0733. The van der Waals surface area contributed by atoms with Crippen LogP contribution in [0.1, 0.15) is 21.5 Å². The first-order valence-corrected chi connectivity index (χ1v) is 8.34. The Morgan fingerprint density at radius 1 is 1.38 bits per heavy atom. The van der Waals surface area contributed by atoms with E-state index in [1.807, 2.05) is 19.9 Å². The van der Waals surface area contributed by atoms with Crippen molar-refractivity contribution in [3.05, 3.63) is 58.6 Å². The second kappa shape index (κ2) is 6.92. The van der Waals surface area contributed by atoms with E-state index in [2.05, 4.69) is 15.4 Å². The molecule has 0 aliphatic rings. The fourth-order valence-corrected chi connectivity index (χ4v) is 3.40. The number of carbonyl (C=O) groups excluding carboxylic acids is 1. The van der Waals surface area contributed by atoms with Crippen molar-refractivity contribution < 1.29 is 9.18 Å². The highest BCUT2D eigenvalue weighted by Crippen LogP contribution is 2.31. The van der Waals surface area contributed by atoms with Crippen molar-refractivity contribution in [2.45, 2.75) is 26.4 Å². The van der Waals surface area contributed by atoms with Crippen LogP contribution in [-0.2, 0) is 6.54 Å². The van der Waals surface area contributed by atoms with E-state index in [0.717, 1.165) is 16.0 Å². The number of thiophene rings is 1. The zero-order chi connectivity index (χ0) is 17.1. The van der Waals surface area contributed by atoms with E-state index in [9.17, 15) is 9.18 Å². The summed E-state index contributed by atoms with van der Waals surface area (Å²) < 4.78 is 14.7. The zero-order valence-corrected chi connectivity index (χ0v) is 14.2. The molecule has 2 aromatic heterocycles. The molecule has 0 saturated carbocycles. The number of halogens is 1. The first kappa shape index (κ1) is 16.3. The third-order valence-electron chi connectivity index (χ3n) is 3.60. The maximum Gasteiger partial charge on any atom is 0.261 e.